The largest absolute Gasteiger partial charge is 0.370 e. The second-order valence-corrected chi connectivity index (χ2v) is 19.4. The molecule has 3 aromatic heterocycles. The van der Waals surface area contributed by atoms with E-state index in [1.165, 1.54) is 16.2 Å². The van der Waals surface area contributed by atoms with Crippen LogP contribution in [0.2, 0.25) is 0 Å². The number of fused-ring (bicyclic) bond motifs is 2. The number of hydrogen-bond acceptors (Lipinski definition) is 12. The van der Waals surface area contributed by atoms with Gasteiger partial charge in [0.2, 0.25) is 47.3 Å². The summed E-state index contributed by atoms with van der Waals surface area (Å²) in [6, 6.07) is 12.6. The van der Waals surface area contributed by atoms with E-state index in [9.17, 15) is 33.6 Å². The van der Waals surface area contributed by atoms with E-state index in [4.69, 9.17) is 11.5 Å². The third kappa shape index (κ3) is 12.6. The second-order valence-electron chi connectivity index (χ2n) is 17.5. The summed E-state index contributed by atoms with van der Waals surface area (Å²) in [4.78, 5) is 112. The number of nitrogens with two attached hydrogens (primary N) is 2. The molecule has 69 heavy (non-hydrogen) atoms. The highest BCUT2D eigenvalue weighted by Gasteiger charge is 2.45. The molecule has 5 aromatic rings. The van der Waals surface area contributed by atoms with Gasteiger partial charge >= 0.3 is 0 Å². The molecule has 9 N–H and O–H groups in total. The van der Waals surface area contributed by atoms with Crippen molar-refractivity contribution >= 4 is 80.0 Å². The molecule has 2 aromatic carbocycles. The highest BCUT2D eigenvalue weighted by molar-refractivity contribution is 7.17. The molecule has 8 amide bonds. The number of thiophene rings is 2. The highest BCUT2D eigenvalue weighted by atomic mass is 32.1. The minimum atomic E-state index is -1.48. The number of amides is 8. The van der Waals surface area contributed by atoms with E-state index in [-0.39, 0.29) is 45.2 Å². The predicted octanol–water partition coefficient (Wildman–Crippen LogP) is 2.70. The van der Waals surface area contributed by atoms with Gasteiger partial charge in [0.25, 0.3) is 0 Å². The van der Waals surface area contributed by atoms with Crippen molar-refractivity contribution in [1.82, 2.24) is 46.5 Å². The van der Waals surface area contributed by atoms with E-state index in [1.807, 2.05) is 78.3 Å². The van der Waals surface area contributed by atoms with Crippen LogP contribution >= 0.6 is 22.7 Å². The maximum Gasteiger partial charge on any atom is 0.246 e. The number of hydrogen-bond donors (Lipinski definition) is 7. The normalized spacial score (nSPS) is 23.2. The van der Waals surface area contributed by atoms with Crippen LogP contribution in [0.5, 0.6) is 0 Å². The van der Waals surface area contributed by atoms with E-state index >= 15 is 4.79 Å². The first-order valence-corrected chi connectivity index (χ1v) is 24.8. The first-order chi connectivity index (χ1) is 33.2. The number of aromatic nitrogens is 3. The van der Waals surface area contributed by atoms with Crippen LogP contribution in [0.1, 0.15) is 76.8 Å². The molecule has 5 heterocycles. The summed E-state index contributed by atoms with van der Waals surface area (Å²) in [5.74, 6) is -6.21. The molecule has 2 aliphatic heterocycles. The van der Waals surface area contributed by atoms with Gasteiger partial charge in [-0.1, -0.05) is 74.0 Å². The summed E-state index contributed by atoms with van der Waals surface area (Å²) in [5, 5.41) is 27.3. The molecule has 0 spiro atoms. The van der Waals surface area contributed by atoms with Gasteiger partial charge in [-0.3, -0.25) is 38.4 Å². The van der Waals surface area contributed by atoms with Crippen molar-refractivity contribution in [1.29, 1.82) is 0 Å². The zero-order chi connectivity index (χ0) is 49.2. The first-order valence-electron chi connectivity index (χ1n) is 23.1. The van der Waals surface area contributed by atoms with Crippen molar-refractivity contribution in [2.24, 2.45) is 17.4 Å². The van der Waals surface area contributed by atoms with Gasteiger partial charge in [-0.05, 0) is 64.6 Å². The van der Waals surface area contributed by atoms with Crippen molar-refractivity contribution in [2.75, 3.05) is 13.1 Å². The zero-order valence-corrected chi connectivity index (χ0v) is 40.0. The SMILES string of the molecule is CCC(C)[C@@H]1NC(=O)[C@H](CC(N)=O)NC(=O)CCC(=O)NCCCC[C@@H](C(N)=O)NC(=O)[C@H](Cc2csc3ccccc23)NC(=O)[C@@H]2C[C@H](n3cc(-c4ccc(-c5cccs5)cc4)nn3)CN2C1=O. The summed E-state index contributed by atoms with van der Waals surface area (Å²) >= 11 is 3.10. The van der Waals surface area contributed by atoms with Gasteiger partial charge < -0.3 is 43.0 Å². The van der Waals surface area contributed by atoms with Crippen LogP contribution in [0.25, 0.3) is 31.8 Å². The summed E-state index contributed by atoms with van der Waals surface area (Å²) < 4.78 is 2.56. The average Bonchev–Trinajstić information content (AvgIpc) is 4.19. The van der Waals surface area contributed by atoms with Gasteiger partial charge in [0.15, 0.2) is 0 Å². The minimum absolute atomic E-state index is 0.0272. The Labute approximate surface area is 406 Å². The number of nitrogens with zero attached hydrogens (tertiary/aromatic N) is 4. The third-order valence-corrected chi connectivity index (χ3v) is 14.6. The monoisotopic (exact) mass is 979 g/mol. The van der Waals surface area contributed by atoms with E-state index < -0.39 is 95.8 Å². The topological polar surface area (TPSA) is 283 Å². The molecule has 1 unspecified atom stereocenters. The molecule has 0 aliphatic carbocycles. The van der Waals surface area contributed by atoms with Crippen LogP contribution in [0.3, 0.4) is 0 Å². The van der Waals surface area contributed by atoms with Crippen molar-refractivity contribution < 1.29 is 38.4 Å². The molecule has 0 bridgehead atoms. The van der Waals surface area contributed by atoms with Crippen LogP contribution < -0.4 is 38.1 Å². The molecular weight excluding hydrogens is 923 g/mol. The number of benzene rings is 2. The fourth-order valence-electron chi connectivity index (χ4n) is 8.59. The number of primary amides is 2. The van der Waals surface area contributed by atoms with Crippen molar-refractivity contribution in [3.8, 4) is 21.7 Å². The molecular formula is C48H57N11O8S2. The van der Waals surface area contributed by atoms with Crippen LogP contribution in [0.15, 0.2) is 77.6 Å². The number of carbonyl (C=O) groups is 8. The highest BCUT2D eigenvalue weighted by Crippen LogP contribution is 2.32. The summed E-state index contributed by atoms with van der Waals surface area (Å²) in [7, 11) is 0. The Bertz CT molecular complexity index is 2670. The predicted molar refractivity (Wildman–Crippen MR) is 260 cm³/mol. The molecule has 19 nitrogen and oxygen atoms in total. The van der Waals surface area contributed by atoms with Gasteiger partial charge in [0.05, 0.1) is 18.7 Å². The Morgan fingerprint density at radius 2 is 1.57 bits per heavy atom. The molecule has 2 aliphatic rings. The fraction of sp³-hybridized carbons (Fsp3) is 0.417. The minimum Gasteiger partial charge on any atom is -0.370 e. The van der Waals surface area contributed by atoms with Crippen molar-refractivity contribution in [2.45, 2.75) is 108 Å². The standard InChI is InChI=1S/C48H57N11O8S2/c1-3-27(2)43-48(67)58-24-31(59-25-36(56-57-59)28-13-15-29(16-14-28)38-12-8-20-68-38)22-37(58)47(66)54-34(21-30-26-69-39-11-5-4-9-32(30)39)45(64)53-33(44(50)63)10-6-7-19-51-41(61)17-18-42(62)52-35(23-40(49)60)46(65)55-43/h4-5,8-9,11-16,20,25-27,31,33-35,37,43H,3,6-7,10,17-19,21-24H2,1-2H3,(H2,49,60)(H2,50,63)(H,51,61)(H,52,62)(H,53,64)(H,54,66)(H,55,65)/t27?,31-,33-,34-,35-,37-,43-/m0/s1. The Morgan fingerprint density at radius 1 is 0.826 bits per heavy atom. The molecule has 7 atom stereocenters. The summed E-state index contributed by atoms with van der Waals surface area (Å²) in [5.41, 5.74) is 14.5. The Morgan fingerprint density at radius 3 is 2.29 bits per heavy atom. The average molecular weight is 980 g/mol. The molecule has 0 saturated carbocycles. The lowest BCUT2D eigenvalue weighted by atomic mass is 9.96. The summed E-state index contributed by atoms with van der Waals surface area (Å²) in [6.07, 6.45) is 1.94. The van der Waals surface area contributed by atoms with E-state index in [0.29, 0.717) is 25.0 Å². The van der Waals surface area contributed by atoms with E-state index in [0.717, 1.165) is 31.7 Å². The molecule has 2 fully saturated rings. The van der Waals surface area contributed by atoms with Crippen LogP contribution in [0, 0.1) is 5.92 Å². The second kappa shape index (κ2) is 22.9. The van der Waals surface area contributed by atoms with Crippen molar-refractivity contribution in [3.63, 3.8) is 0 Å². The molecule has 0 radical (unpaired) electrons. The lowest BCUT2D eigenvalue weighted by Crippen LogP contribution is -2.60. The molecule has 7 rings (SSSR count). The van der Waals surface area contributed by atoms with Crippen LogP contribution in [-0.2, 0) is 44.8 Å². The Balaban J connectivity index is 1.24. The maximum atomic E-state index is 15.1. The quantitative estimate of drug-likeness (QED) is 0.107. The molecule has 21 heteroatoms. The molecule has 364 valence electrons. The number of nitrogens with one attached hydrogen (secondary N) is 5. The van der Waals surface area contributed by atoms with E-state index in [1.54, 1.807) is 29.1 Å². The van der Waals surface area contributed by atoms with Gasteiger partial charge in [0, 0.05) is 53.9 Å². The summed E-state index contributed by atoms with van der Waals surface area (Å²) in [6.45, 7) is 3.70. The van der Waals surface area contributed by atoms with Gasteiger partial charge in [0.1, 0.15) is 35.9 Å². The Kier molecular flexibility index (Phi) is 16.5. The maximum absolute atomic E-state index is 15.1. The zero-order valence-electron chi connectivity index (χ0n) is 38.4. The van der Waals surface area contributed by atoms with Gasteiger partial charge in [-0.25, -0.2) is 4.68 Å². The lowest BCUT2D eigenvalue weighted by molar-refractivity contribution is -0.143. The Hall–Kier alpha value is -7.00. The van der Waals surface area contributed by atoms with Gasteiger partial charge in [-0.15, -0.1) is 27.8 Å². The fourth-order valence-corrected chi connectivity index (χ4v) is 10.3. The first kappa shape index (κ1) is 49.9. The number of rotatable bonds is 10. The number of carbonyl (C=O) groups excluding carboxylic acids is 8. The molecule has 2 saturated heterocycles. The smallest absolute Gasteiger partial charge is 0.246 e. The van der Waals surface area contributed by atoms with Crippen LogP contribution in [0.4, 0.5) is 0 Å². The van der Waals surface area contributed by atoms with E-state index in [2.05, 4.69) is 36.9 Å². The van der Waals surface area contributed by atoms with Crippen molar-refractivity contribution in [3.05, 3.63) is 83.2 Å². The lowest BCUT2D eigenvalue weighted by Gasteiger charge is -2.32. The third-order valence-electron chi connectivity index (χ3n) is 12.7. The van der Waals surface area contributed by atoms with Gasteiger partial charge in [-0.2, -0.15) is 0 Å². The van der Waals surface area contributed by atoms with Crippen LogP contribution in [-0.4, -0.2) is 110 Å².